The summed E-state index contributed by atoms with van der Waals surface area (Å²) in [6, 6.07) is 4.08. The minimum absolute atomic E-state index is 0.135. The second-order valence-electron chi connectivity index (χ2n) is 6.56. The lowest BCUT2D eigenvalue weighted by Crippen LogP contribution is -2.48. The van der Waals surface area contributed by atoms with Gasteiger partial charge in [-0.2, -0.15) is 0 Å². The molecule has 0 aromatic heterocycles. The summed E-state index contributed by atoms with van der Waals surface area (Å²) in [5.74, 6) is -0.157. The van der Waals surface area contributed by atoms with Gasteiger partial charge >= 0.3 is 0 Å². The molecule has 0 spiro atoms. The van der Waals surface area contributed by atoms with Crippen molar-refractivity contribution < 1.29 is 24.3 Å². The van der Waals surface area contributed by atoms with Gasteiger partial charge in [-0.05, 0) is 49.8 Å². The molecule has 0 bridgehead atoms. The smallest absolute Gasteiger partial charge is 0.266 e. The van der Waals surface area contributed by atoms with E-state index in [0.29, 0.717) is 17.1 Å². The van der Waals surface area contributed by atoms with Crippen LogP contribution in [0.5, 0.6) is 11.5 Å². The van der Waals surface area contributed by atoms with Crippen molar-refractivity contribution in [2.24, 2.45) is 5.92 Å². The van der Waals surface area contributed by atoms with Crippen LogP contribution < -0.4 is 20.3 Å². The van der Waals surface area contributed by atoms with Crippen molar-refractivity contribution in [2.45, 2.75) is 51.7 Å². The van der Waals surface area contributed by atoms with Crippen LogP contribution in [-0.4, -0.2) is 36.3 Å². The van der Waals surface area contributed by atoms with E-state index in [1.807, 2.05) is 0 Å². The zero-order valence-electron chi connectivity index (χ0n) is 14.9. The van der Waals surface area contributed by atoms with Gasteiger partial charge in [-0.3, -0.25) is 14.8 Å². The highest BCUT2D eigenvalue weighted by Crippen LogP contribution is 2.32. The summed E-state index contributed by atoms with van der Waals surface area (Å²) in [5.41, 5.74) is 1.95. The summed E-state index contributed by atoms with van der Waals surface area (Å²) in [4.78, 5) is 24.2. The van der Waals surface area contributed by atoms with Gasteiger partial charge in [-0.1, -0.05) is 13.8 Å². The fraction of sp³-hybridized carbons (Fsp3) is 0.556. The molecule has 2 amide bonds. The Morgan fingerprint density at radius 1 is 1.20 bits per heavy atom. The Kier molecular flexibility index (Phi) is 6.64. The average Bonchev–Trinajstić information content (AvgIpc) is 3.11. The normalized spacial score (nSPS) is 15.7. The summed E-state index contributed by atoms with van der Waals surface area (Å²) < 4.78 is 11.3. The molecule has 7 nitrogen and oxygen atoms in total. The zero-order chi connectivity index (χ0) is 18.4. The highest BCUT2D eigenvalue weighted by molar-refractivity contribution is 5.98. The minimum Gasteiger partial charge on any atom is -0.493 e. The van der Waals surface area contributed by atoms with Gasteiger partial charge in [0.15, 0.2) is 11.5 Å². The van der Waals surface area contributed by atoms with Gasteiger partial charge in [0.1, 0.15) is 6.04 Å². The number of hydrogen-bond acceptors (Lipinski definition) is 5. The highest BCUT2D eigenvalue weighted by Gasteiger charge is 2.25. The Hall–Kier alpha value is -2.28. The molecule has 1 aliphatic rings. The van der Waals surface area contributed by atoms with Gasteiger partial charge in [0.05, 0.1) is 13.2 Å². The Morgan fingerprint density at radius 2 is 1.88 bits per heavy atom. The van der Waals surface area contributed by atoms with Crippen molar-refractivity contribution >= 4 is 11.8 Å². The van der Waals surface area contributed by atoms with Crippen LogP contribution in [0.4, 0.5) is 0 Å². The van der Waals surface area contributed by atoms with E-state index in [4.69, 9.17) is 14.7 Å². The van der Waals surface area contributed by atoms with Crippen molar-refractivity contribution in [1.82, 2.24) is 10.8 Å². The Bertz CT molecular complexity index is 611. The molecule has 1 aromatic rings. The maximum atomic E-state index is 12.5. The number of hydrogen-bond donors (Lipinski definition) is 3. The summed E-state index contributed by atoms with van der Waals surface area (Å²) in [7, 11) is 1.55. The van der Waals surface area contributed by atoms with E-state index < -0.39 is 17.9 Å². The number of rotatable bonds is 7. The third kappa shape index (κ3) is 4.85. The van der Waals surface area contributed by atoms with Crippen LogP contribution in [0.1, 0.15) is 49.9 Å². The van der Waals surface area contributed by atoms with E-state index in [1.54, 1.807) is 44.6 Å². The number of methoxy groups -OCH3 is 1. The summed E-state index contributed by atoms with van der Waals surface area (Å²) >= 11 is 0. The summed E-state index contributed by atoms with van der Waals surface area (Å²) in [5, 5.41) is 11.5. The standard InChI is InChI=1S/C18H26N2O5/c1-11(2)16(18(22)20-23)19-17(21)12-8-9-14(24-3)15(10-12)25-13-6-4-5-7-13/h8-11,13,16,23H,4-7H2,1-3H3,(H,19,21)(H,20,22). The minimum atomic E-state index is -0.834. The molecule has 0 aliphatic heterocycles. The second-order valence-corrected chi connectivity index (χ2v) is 6.56. The molecule has 1 saturated carbocycles. The first kappa shape index (κ1) is 19.1. The zero-order valence-corrected chi connectivity index (χ0v) is 14.9. The number of hydroxylamine groups is 1. The maximum absolute atomic E-state index is 12.5. The molecule has 7 heteroatoms. The molecule has 25 heavy (non-hydrogen) atoms. The largest absolute Gasteiger partial charge is 0.493 e. The van der Waals surface area contributed by atoms with E-state index >= 15 is 0 Å². The number of carbonyl (C=O) groups is 2. The van der Waals surface area contributed by atoms with E-state index in [2.05, 4.69) is 5.32 Å². The fourth-order valence-electron chi connectivity index (χ4n) is 2.92. The molecular formula is C18H26N2O5. The summed E-state index contributed by atoms with van der Waals surface area (Å²) in [6.07, 6.45) is 4.40. The first-order valence-corrected chi connectivity index (χ1v) is 8.55. The van der Waals surface area contributed by atoms with E-state index in [1.165, 1.54) is 0 Å². The molecule has 0 radical (unpaired) electrons. The van der Waals surface area contributed by atoms with Crippen LogP contribution in [0.2, 0.25) is 0 Å². The number of benzene rings is 1. The average molecular weight is 350 g/mol. The lowest BCUT2D eigenvalue weighted by atomic mass is 10.0. The number of amides is 2. The third-order valence-corrected chi connectivity index (χ3v) is 4.37. The van der Waals surface area contributed by atoms with Crippen LogP contribution in [-0.2, 0) is 4.79 Å². The van der Waals surface area contributed by atoms with Crippen molar-refractivity contribution in [1.29, 1.82) is 0 Å². The molecular weight excluding hydrogens is 324 g/mol. The number of nitrogens with one attached hydrogen (secondary N) is 2. The van der Waals surface area contributed by atoms with Crippen molar-refractivity contribution in [3.8, 4) is 11.5 Å². The third-order valence-electron chi connectivity index (χ3n) is 4.37. The highest BCUT2D eigenvalue weighted by atomic mass is 16.5. The fourth-order valence-corrected chi connectivity index (χ4v) is 2.92. The predicted octanol–water partition coefficient (Wildman–Crippen LogP) is 2.28. The molecule has 1 aliphatic carbocycles. The van der Waals surface area contributed by atoms with Crippen LogP contribution in [0.15, 0.2) is 18.2 Å². The molecule has 1 unspecified atom stereocenters. The number of carbonyl (C=O) groups excluding carboxylic acids is 2. The molecule has 3 N–H and O–H groups in total. The van der Waals surface area contributed by atoms with Gasteiger partial charge < -0.3 is 14.8 Å². The van der Waals surface area contributed by atoms with Crippen molar-refractivity contribution in [2.75, 3.05) is 7.11 Å². The Balaban J connectivity index is 2.16. The molecule has 1 fully saturated rings. The molecule has 0 saturated heterocycles. The van der Waals surface area contributed by atoms with Gasteiger partial charge in [-0.15, -0.1) is 0 Å². The lowest BCUT2D eigenvalue weighted by molar-refractivity contribution is -0.132. The van der Waals surface area contributed by atoms with Gasteiger partial charge in [0.25, 0.3) is 11.8 Å². The first-order valence-electron chi connectivity index (χ1n) is 8.55. The van der Waals surface area contributed by atoms with Crippen LogP contribution in [0.25, 0.3) is 0 Å². The van der Waals surface area contributed by atoms with Crippen molar-refractivity contribution in [3.63, 3.8) is 0 Å². The first-order chi connectivity index (χ1) is 12.0. The van der Waals surface area contributed by atoms with Gasteiger partial charge in [0.2, 0.25) is 0 Å². The monoisotopic (exact) mass is 350 g/mol. The molecule has 138 valence electrons. The van der Waals surface area contributed by atoms with E-state index in [0.717, 1.165) is 25.7 Å². The Labute approximate surface area is 147 Å². The number of ether oxygens (including phenoxy) is 2. The second kappa shape index (κ2) is 8.71. The Morgan fingerprint density at radius 3 is 2.44 bits per heavy atom. The summed E-state index contributed by atoms with van der Waals surface area (Å²) in [6.45, 7) is 3.56. The molecule has 2 rings (SSSR count). The molecule has 0 heterocycles. The van der Waals surface area contributed by atoms with Crippen LogP contribution >= 0.6 is 0 Å². The van der Waals surface area contributed by atoms with E-state index in [9.17, 15) is 9.59 Å². The topological polar surface area (TPSA) is 96.9 Å². The quantitative estimate of drug-likeness (QED) is 0.518. The van der Waals surface area contributed by atoms with Gasteiger partial charge in [0, 0.05) is 5.56 Å². The van der Waals surface area contributed by atoms with Gasteiger partial charge in [-0.25, -0.2) is 5.48 Å². The predicted molar refractivity (Wildman–Crippen MR) is 91.9 cm³/mol. The molecule has 1 aromatic carbocycles. The van der Waals surface area contributed by atoms with Crippen LogP contribution in [0.3, 0.4) is 0 Å². The SMILES string of the molecule is COc1ccc(C(=O)NC(C(=O)NO)C(C)C)cc1OC1CCCC1. The lowest BCUT2D eigenvalue weighted by Gasteiger charge is -2.21. The molecule has 1 atom stereocenters. The maximum Gasteiger partial charge on any atom is 0.266 e. The van der Waals surface area contributed by atoms with E-state index in [-0.39, 0.29) is 12.0 Å². The van der Waals surface area contributed by atoms with Crippen LogP contribution in [0, 0.1) is 5.92 Å². The van der Waals surface area contributed by atoms with Crippen molar-refractivity contribution in [3.05, 3.63) is 23.8 Å².